The molecule has 15 heavy (non-hydrogen) atoms. The third-order valence-electron chi connectivity index (χ3n) is 2.95. The minimum absolute atomic E-state index is 0.576. The van der Waals surface area contributed by atoms with Crippen molar-refractivity contribution in [2.24, 2.45) is 5.92 Å². The van der Waals surface area contributed by atoms with Crippen molar-refractivity contribution in [2.75, 3.05) is 20.2 Å². The van der Waals surface area contributed by atoms with Gasteiger partial charge in [-0.15, -0.1) is 0 Å². The van der Waals surface area contributed by atoms with Crippen LogP contribution >= 0.6 is 0 Å². The highest BCUT2D eigenvalue weighted by Gasteiger charge is 2.15. The first-order valence-corrected chi connectivity index (χ1v) is 5.65. The molecule has 1 saturated heterocycles. The van der Waals surface area contributed by atoms with E-state index in [4.69, 9.17) is 9.15 Å². The van der Waals surface area contributed by atoms with Crippen LogP contribution in [0.15, 0.2) is 16.5 Å². The molecule has 0 unspecified atom stereocenters. The van der Waals surface area contributed by atoms with E-state index in [1.54, 1.807) is 7.11 Å². The molecule has 2 heterocycles. The number of hydrogen-bond acceptors (Lipinski definition) is 3. The fraction of sp³-hybridized carbons (Fsp3) is 0.667. The minimum atomic E-state index is 0.576. The molecule has 0 amide bonds. The van der Waals surface area contributed by atoms with Gasteiger partial charge in [0.25, 0.3) is 0 Å². The van der Waals surface area contributed by atoms with Crippen LogP contribution in [0, 0.1) is 5.92 Å². The van der Waals surface area contributed by atoms with Crippen molar-refractivity contribution in [3.8, 4) is 0 Å². The highest BCUT2D eigenvalue weighted by atomic mass is 16.5. The van der Waals surface area contributed by atoms with Gasteiger partial charge in [0, 0.05) is 13.5 Å². The van der Waals surface area contributed by atoms with Crippen molar-refractivity contribution in [3.63, 3.8) is 0 Å². The quantitative estimate of drug-likeness (QED) is 0.823. The van der Waals surface area contributed by atoms with Crippen LogP contribution in [0.1, 0.15) is 24.4 Å². The fourth-order valence-electron chi connectivity index (χ4n) is 2.12. The summed E-state index contributed by atoms with van der Waals surface area (Å²) in [6, 6.07) is 4.09. The Balaban J connectivity index is 1.86. The summed E-state index contributed by atoms with van der Waals surface area (Å²) in [7, 11) is 1.69. The SMILES string of the molecule is COCc1ccc(CC2CCNCC2)o1. The van der Waals surface area contributed by atoms with Gasteiger partial charge in [0.1, 0.15) is 18.1 Å². The lowest BCUT2D eigenvalue weighted by molar-refractivity contribution is 0.162. The third-order valence-corrected chi connectivity index (χ3v) is 2.95. The van der Waals surface area contributed by atoms with E-state index in [0.29, 0.717) is 6.61 Å². The molecular weight excluding hydrogens is 190 g/mol. The number of piperidine rings is 1. The Kier molecular flexibility index (Phi) is 3.80. The van der Waals surface area contributed by atoms with Gasteiger partial charge in [-0.2, -0.15) is 0 Å². The summed E-state index contributed by atoms with van der Waals surface area (Å²) in [4.78, 5) is 0. The lowest BCUT2D eigenvalue weighted by Gasteiger charge is -2.21. The average Bonchev–Trinajstić information content (AvgIpc) is 2.68. The van der Waals surface area contributed by atoms with Crippen molar-refractivity contribution < 1.29 is 9.15 Å². The topological polar surface area (TPSA) is 34.4 Å². The first kappa shape index (κ1) is 10.7. The Labute approximate surface area is 90.8 Å². The molecule has 84 valence electrons. The second kappa shape index (κ2) is 5.33. The van der Waals surface area contributed by atoms with Crippen molar-refractivity contribution in [1.29, 1.82) is 0 Å². The maximum atomic E-state index is 5.68. The zero-order valence-electron chi connectivity index (χ0n) is 9.29. The smallest absolute Gasteiger partial charge is 0.129 e. The Morgan fingerprint density at radius 3 is 2.80 bits per heavy atom. The summed E-state index contributed by atoms with van der Waals surface area (Å²) in [5.74, 6) is 2.82. The van der Waals surface area contributed by atoms with E-state index in [1.165, 1.54) is 12.8 Å². The molecular formula is C12H19NO2. The normalized spacial score (nSPS) is 18.2. The second-order valence-corrected chi connectivity index (χ2v) is 4.20. The number of ether oxygens (including phenoxy) is 1. The highest BCUT2D eigenvalue weighted by Crippen LogP contribution is 2.19. The van der Waals surface area contributed by atoms with Gasteiger partial charge in [-0.3, -0.25) is 0 Å². The van der Waals surface area contributed by atoms with Gasteiger partial charge in [-0.1, -0.05) is 0 Å². The van der Waals surface area contributed by atoms with Gasteiger partial charge in [-0.05, 0) is 44.0 Å². The number of nitrogens with one attached hydrogen (secondary N) is 1. The van der Waals surface area contributed by atoms with Crippen LogP contribution in [0.4, 0.5) is 0 Å². The molecule has 0 spiro atoms. The third kappa shape index (κ3) is 3.08. The summed E-state index contributed by atoms with van der Waals surface area (Å²) in [5, 5.41) is 3.38. The predicted octanol–water partition coefficient (Wildman–Crippen LogP) is 1.97. The molecule has 1 aromatic rings. The van der Waals surface area contributed by atoms with E-state index in [9.17, 15) is 0 Å². The number of rotatable bonds is 4. The van der Waals surface area contributed by atoms with Gasteiger partial charge in [0.05, 0.1) is 0 Å². The van der Waals surface area contributed by atoms with Crippen LogP contribution in [0.5, 0.6) is 0 Å². The maximum absolute atomic E-state index is 5.68. The Bertz CT molecular complexity index is 290. The van der Waals surface area contributed by atoms with E-state index in [-0.39, 0.29) is 0 Å². The van der Waals surface area contributed by atoms with Crippen molar-refractivity contribution in [2.45, 2.75) is 25.9 Å². The van der Waals surface area contributed by atoms with Crippen molar-refractivity contribution >= 4 is 0 Å². The molecule has 1 aromatic heterocycles. The van der Waals surface area contributed by atoms with Crippen LogP contribution in [-0.4, -0.2) is 20.2 Å². The van der Waals surface area contributed by atoms with Gasteiger partial charge < -0.3 is 14.5 Å². The van der Waals surface area contributed by atoms with Crippen LogP contribution in [0.3, 0.4) is 0 Å². The van der Waals surface area contributed by atoms with Gasteiger partial charge in [0.2, 0.25) is 0 Å². The molecule has 0 radical (unpaired) electrons. The fourth-order valence-corrected chi connectivity index (χ4v) is 2.12. The standard InChI is InChI=1S/C12H19NO2/c1-14-9-12-3-2-11(15-12)8-10-4-6-13-7-5-10/h2-3,10,13H,4-9H2,1H3. The molecule has 0 saturated carbocycles. The summed E-state index contributed by atoms with van der Waals surface area (Å²) in [5.41, 5.74) is 0. The Morgan fingerprint density at radius 1 is 1.33 bits per heavy atom. The van der Waals surface area contributed by atoms with Gasteiger partial charge in [-0.25, -0.2) is 0 Å². The molecule has 3 heteroatoms. The molecule has 0 bridgehead atoms. The van der Waals surface area contributed by atoms with E-state index < -0.39 is 0 Å². The molecule has 0 aliphatic carbocycles. The predicted molar refractivity (Wildman–Crippen MR) is 58.7 cm³/mol. The average molecular weight is 209 g/mol. The zero-order valence-corrected chi connectivity index (χ0v) is 9.29. The van der Waals surface area contributed by atoms with Crippen LogP contribution in [-0.2, 0) is 17.8 Å². The van der Waals surface area contributed by atoms with Crippen molar-refractivity contribution in [1.82, 2.24) is 5.32 Å². The zero-order chi connectivity index (χ0) is 10.5. The van der Waals surface area contributed by atoms with Crippen molar-refractivity contribution in [3.05, 3.63) is 23.7 Å². The maximum Gasteiger partial charge on any atom is 0.129 e. The lowest BCUT2D eigenvalue weighted by Crippen LogP contribution is -2.28. The summed E-state index contributed by atoms with van der Waals surface area (Å²) < 4.78 is 10.7. The minimum Gasteiger partial charge on any atom is -0.464 e. The molecule has 3 nitrogen and oxygen atoms in total. The Morgan fingerprint density at radius 2 is 2.07 bits per heavy atom. The van der Waals surface area contributed by atoms with E-state index >= 15 is 0 Å². The molecule has 0 atom stereocenters. The summed E-state index contributed by atoms with van der Waals surface area (Å²) in [6.45, 7) is 2.87. The first-order valence-electron chi connectivity index (χ1n) is 5.65. The molecule has 1 N–H and O–H groups in total. The molecule has 1 fully saturated rings. The van der Waals surface area contributed by atoms with Gasteiger partial charge >= 0.3 is 0 Å². The van der Waals surface area contributed by atoms with Gasteiger partial charge in [0.15, 0.2) is 0 Å². The monoisotopic (exact) mass is 209 g/mol. The second-order valence-electron chi connectivity index (χ2n) is 4.20. The molecule has 1 aliphatic heterocycles. The lowest BCUT2D eigenvalue weighted by atomic mass is 9.94. The number of methoxy groups -OCH3 is 1. The summed E-state index contributed by atoms with van der Waals surface area (Å²) in [6.07, 6.45) is 3.60. The van der Waals surface area contributed by atoms with E-state index in [0.717, 1.165) is 36.9 Å². The first-order chi connectivity index (χ1) is 7.38. The Hall–Kier alpha value is -0.800. The van der Waals surface area contributed by atoms with Crippen LogP contribution in [0.25, 0.3) is 0 Å². The number of hydrogen-bond donors (Lipinski definition) is 1. The molecule has 2 rings (SSSR count). The molecule has 1 aliphatic rings. The number of furan rings is 1. The highest BCUT2D eigenvalue weighted by molar-refractivity contribution is 5.07. The van der Waals surface area contributed by atoms with E-state index in [1.807, 2.05) is 6.07 Å². The van der Waals surface area contributed by atoms with Crippen LogP contribution < -0.4 is 5.32 Å². The molecule has 0 aromatic carbocycles. The van der Waals surface area contributed by atoms with Crippen LogP contribution in [0.2, 0.25) is 0 Å². The largest absolute Gasteiger partial charge is 0.464 e. The van der Waals surface area contributed by atoms with E-state index in [2.05, 4.69) is 11.4 Å². The summed E-state index contributed by atoms with van der Waals surface area (Å²) >= 11 is 0.